The molecule has 10 heteroatoms. The minimum Gasteiger partial charge on any atom is -0.368 e. The maximum absolute atomic E-state index is 13.2. The lowest BCUT2D eigenvalue weighted by atomic mass is 10.3. The highest BCUT2D eigenvalue weighted by Gasteiger charge is 2.20. The fourth-order valence-electron chi connectivity index (χ4n) is 3.07. The Balaban J connectivity index is 1.82. The van der Waals surface area contributed by atoms with Crippen LogP contribution >= 0.6 is 0 Å². The number of rotatable bonds is 4. The van der Waals surface area contributed by atoms with Crippen LogP contribution in [0, 0.1) is 12.7 Å². The second-order valence-electron chi connectivity index (χ2n) is 6.31. The summed E-state index contributed by atoms with van der Waals surface area (Å²) in [6.45, 7) is 3.87. The third-order valence-corrected chi connectivity index (χ3v) is 4.26. The van der Waals surface area contributed by atoms with Gasteiger partial charge >= 0.3 is 0 Å². The van der Waals surface area contributed by atoms with Gasteiger partial charge in [0, 0.05) is 18.9 Å². The molecule has 1 atom stereocenters. The average molecular weight is 367 g/mol. The van der Waals surface area contributed by atoms with Crippen molar-refractivity contribution in [1.82, 2.24) is 34.1 Å². The number of aryl methyl sites for hydroxylation is 2. The lowest BCUT2D eigenvalue weighted by Crippen LogP contribution is -2.13. The first-order chi connectivity index (χ1) is 12.9. The first kappa shape index (κ1) is 16.9. The van der Waals surface area contributed by atoms with Crippen molar-refractivity contribution in [3.63, 3.8) is 0 Å². The second-order valence-corrected chi connectivity index (χ2v) is 6.31. The summed E-state index contributed by atoms with van der Waals surface area (Å²) >= 11 is 0. The highest BCUT2D eigenvalue weighted by molar-refractivity contribution is 5.91. The number of halogens is 1. The summed E-state index contributed by atoms with van der Waals surface area (Å²) in [5, 5.41) is 3.97. The normalized spacial score (nSPS) is 12.4. The highest BCUT2D eigenvalue weighted by Crippen LogP contribution is 2.30. The van der Waals surface area contributed by atoms with Crippen molar-refractivity contribution in [2.75, 3.05) is 11.1 Å². The van der Waals surface area contributed by atoms with E-state index in [2.05, 4.69) is 30.2 Å². The van der Waals surface area contributed by atoms with Crippen LogP contribution in [0.5, 0.6) is 0 Å². The van der Waals surface area contributed by atoms with Crippen LogP contribution in [0.4, 0.5) is 22.0 Å². The van der Waals surface area contributed by atoms with Gasteiger partial charge in [0.15, 0.2) is 11.6 Å². The molecule has 0 aliphatic carbocycles. The second kappa shape index (κ2) is 6.31. The van der Waals surface area contributed by atoms with E-state index >= 15 is 0 Å². The Labute approximate surface area is 154 Å². The van der Waals surface area contributed by atoms with Crippen molar-refractivity contribution >= 4 is 28.6 Å². The molecule has 9 nitrogen and oxygen atoms in total. The van der Waals surface area contributed by atoms with Gasteiger partial charge in [-0.25, -0.2) is 19.3 Å². The third-order valence-electron chi connectivity index (χ3n) is 4.26. The molecule has 4 aromatic heterocycles. The van der Waals surface area contributed by atoms with Gasteiger partial charge in [-0.3, -0.25) is 0 Å². The molecule has 0 fully saturated rings. The quantitative estimate of drug-likeness (QED) is 0.569. The predicted molar refractivity (Wildman–Crippen MR) is 99.0 cm³/mol. The van der Waals surface area contributed by atoms with Gasteiger partial charge in [0.05, 0.1) is 30.1 Å². The maximum Gasteiger partial charge on any atom is 0.224 e. The van der Waals surface area contributed by atoms with Crippen molar-refractivity contribution in [3.05, 3.63) is 48.3 Å². The fraction of sp³-hybridized carbons (Fsp3) is 0.235. The molecule has 0 radical (unpaired) electrons. The summed E-state index contributed by atoms with van der Waals surface area (Å²) in [5.41, 5.74) is 7.50. The van der Waals surface area contributed by atoms with E-state index in [1.165, 1.54) is 0 Å². The summed E-state index contributed by atoms with van der Waals surface area (Å²) in [6, 6.07) is 1.69. The van der Waals surface area contributed by atoms with Gasteiger partial charge < -0.3 is 20.2 Å². The number of nitrogens with two attached hydrogens (primary N) is 1. The van der Waals surface area contributed by atoms with Gasteiger partial charge in [-0.05, 0) is 19.9 Å². The number of hydrogen-bond acceptors (Lipinski definition) is 7. The third kappa shape index (κ3) is 3.05. The van der Waals surface area contributed by atoms with E-state index in [1.54, 1.807) is 6.33 Å². The van der Waals surface area contributed by atoms with E-state index in [0.717, 1.165) is 23.5 Å². The van der Waals surface area contributed by atoms with Gasteiger partial charge in [0.2, 0.25) is 5.95 Å². The van der Waals surface area contributed by atoms with E-state index in [4.69, 9.17) is 5.73 Å². The first-order valence-electron chi connectivity index (χ1n) is 8.30. The SMILES string of the molecule is Cc1cc2c(Nc3cn(C)cn3)nc(N)nc2n1[C@@H](C)c1ncc(F)cn1. The minimum absolute atomic E-state index is 0.132. The van der Waals surface area contributed by atoms with Gasteiger partial charge in [0.1, 0.15) is 17.3 Å². The van der Waals surface area contributed by atoms with Crippen LogP contribution in [0.25, 0.3) is 11.0 Å². The molecule has 0 spiro atoms. The molecule has 0 aromatic carbocycles. The van der Waals surface area contributed by atoms with E-state index in [9.17, 15) is 4.39 Å². The molecule has 0 bridgehead atoms. The van der Waals surface area contributed by atoms with E-state index in [0.29, 0.717) is 23.1 Å². The van der Waals surface area contributed by atoms with Crippen LogP contribution in [-0.4, -0.2) is 34.1 Å². The number of nitrogens with zero attached hydrogens (tertiary/aromatic N) is 7. The van der Waals surface area contributed by atoms with Crippen LogP contribution in [-0.2, 0) is 7.05 Å². The lowest BCUT2D eigenvalue weighted by molar-refractivity contribution is 0.572. The zero-order valence-corrected chi connectivity index (χ0v) is 15.0. The molecule has 4 heterocycles. The molecule has 0 aliphatic heterocycles. The molecule has 27 heavy (non-hydrogen) atoms. The van der Waals surface area contributed by atoms with Gasteiger partial charge in [-0.15, -0.1) is 0 Å². The van der Waals surface area contributed by atoms with E-state index in [-0.39, 0.29) is 12.0 Å². The smallest absolute Gasteiger partial charge is 0.224 e. The Kier molecular flexibility index (Phi) is 3.94. The van der Waals surface area contributed by atoms with Gasteiger partial charge in [-0.1, -0.05) is 0 Å². The van der Waals surface area contributed by atoms with Crippen LogP contribution < -0.4 is 11.1 Å². The Hall–Kier alpha value is -3.56. The number of fused-ring (bicyclic) bond motifs is 1. The van der Waals surface area contributed by atoms with Crippen LogP contribution in [0.2, 0.25) is 0 Å². The molecule has 0 unspecified atom stereocenters. The van der Waals surface area contributed by atoms with Crippen molar-refractivity contribution in [1.29, 1.82) is 0 Å². The molecule has 0 saturated heterocycles. The first-order valence-corrected chi connectivity index (χ1v) is 8.30. The molecule has 0 saturated carbocycles. The Morgan fingerprint density at radius 2 is 1.93 bits per heavy atom. The molecule has 3 N–H and O–H groups in total. The Bertz CT molecular complexity index is 1110. The number of nitrogens with one attached hydrogen (secondary N) is 1. The van der Waals surface area contributed by atoms with Crippen molar-refractivity contribution in [3.8, 4) is 0 Å². The molecule has 4 aromatic rings. The topological polar surface area (TPSA) is 112 Å². The average Bonchev–Trinajstić information content (AvgIpc) is 3.17. The maximum atomic E-state index is 13.2. The number of hydrogen-bond donors (Lipinski definition) is 2. The zero-order valence-electron chi connectivity index (χ0n) is 15.0. The van der Waals surface area contributed by atoms with Crippen LogP contribution in [0.3, 0.4) is 0 Å². The largest absolute Gasteiger partial charge is 0.368 e. The fourth-order valence-corrected chi connectivity index (χ4v) is 3.07. The minimum atomic E-state index is -0.478. The summed E-state index contributed by atoms with van der Waals surface area (Å²) in [7, 11) is 1.88. The highest BCUT2D eigenvalue weighted by atomic mass is 19.1. The summed E-state index contributed by atoms with van der Waals surface area (Å²) in [4.78, 5) is 21.1. The molecular formula is C17H18FN9. The molecule has 4 rings (SSSR count). The van der Waals surface area contributed by atoms with Gasteiger partial charge in [-0.2, -0.15) is 9.97 Å². The van der Waals surface area contributed by atoms with Crippen LogP contribution in [0.1, 0.15) is 24.5 Å². The number of anilines is 3. The number of imidazole rings is 1. The molecule has 0 amide bonds. The Morgan fingerprint density at radius 3 is 2.59 bits per heavy atom. The Morgan fingerprint density at radius 1 is 1.19 bits per heavy atom. The molecular weight excluding hydrogens is 349 g/mol. The summed E-state index contributed by atoms with van der Waals surface area (Å²) in [5.74, 6) is 1.34. The number of nitrogen functional groups attached to an aromatic ring is 1. The van der Waals surface area contributed by atoms with Crippen molar-refractivity contribution in [2.24, 2.45) is 7.05 Å². The molecule has 138 valence electrons. The van der Waals surface area contributed by atoms with E-state index < -0.39 is 5.82 Å². The zero-order chi connectivity index (χ0) is 19.1. The van der Waals surface area contributed by atoms with Crippen molar-refractivity contribution in [2.45, 2.75) is 19.9 Å². The summed E-state index contributed by atoms with van der Waals surface area (Å²) in [6.07, 6.45) is 5.83. The van der Waals surface area contributed by atoms with Crippen molar-refractivity contribution < 1.29 is 4.39 Å². The van der Waals surface area contributed by atoms with E-state index in [1.807, 2.05) is 42.3 Å². The summed E-state index contributed by atoms with van der Waals surface area (Å²) < 4.78 is 16.9. The predicted octanol–water partition coefficient (Wildman–Crippen LogP) is 2.34. The molecule has 0 aliphatic rings. The van der Waals surface area contributed by atoms with Gasteiger partial charge in [0.25, 0.3) is 0 Å². The van der Waals surface area contributed by atoms with Crippen LogP contribution in [0.15, 0.2) is 31.0 Å². The standard InChI is InChI=1S/C17H18FN9/c1-9-4-12-15(23-13-7-26(3)8-22-13)24-17(19)25-16(12)27(9)10(2)14-20-5-11(18)6-21-14/h4-8,10H,1-3H3,(H3,19,23,24,25)/t10-/m0/s1. The monoisotopic (exact) mass is 367 g/mol. The lowest BCUT2D eigenvalue weighted by Gasteiger charge is -2.16. The number of aromatic nitrogens is 7.